The minimum atomic E-state index is -4.31. The van der Waals surface area contributed by atoms with Crippen LogP contribution in [0.15, 0.2) is 35.6 Å². The number of nitrogens with zero attached hydrogens (tertiary/aromatic N) is 4. The molecule has 0 spiro atoms. The Hall–Kier alpha value is -1.89. The fourth-order valence-electron chi connectivity index (χ4n) is 2.29. The fraction of sp³-hybridized carbons (Fsp3) is 0.471. The molecule has 0 aliphatic carbocycles. The number of halogens is 4. The number of aryl methyl sites for hydroxylation is 1. The monoisotopic (exact) mass is 512 g/mol. The van der Waals surface area contributed by atoms with Gasteiger partial charge in [0.1, 0.15) is 12.9 Å². The molecule has 2 N–H and O–H groups in total. The summed E-state index contributed by atoms with van der Waals surface area (Å²) in [6, 6.07) is 7.15. The van der Waals surface area contributed by atoms with Gasteiger partial charge in [0, 0.05) is 20.1 Å². The molecule has 2 rings (SSSR count). The Morgan fingerprint density at radius 2 is 1.79 bits per heavy atom. The summed E-state index contributed by atoms with van der Waals surface area (Å²) in [6.07, 6.45) is -2.63. The number of hydrogen-bond acceptors (Lipinski definition) is 4. The van der Waals surface area contributed by atoms with E-state index >= 15 is 0 Å². The summed E-state index contributed by atoms with van der Waals surface area (Å²) in [7, 11) is 1.67. The second-order valence-corrected chi connectivity index (χ2v) is 5.74. The van der Waals surface area contributed by atoms with Crippen LogP contribution in [-0.4, -0.2) is 40.6 Å². The molecule has 0 fully saturated rings. The second kappa shape index (κ2) is 11.8. The van der Waals surface area contributed by atoms with Crippen LogP contribution < -0.4 is 10.6 Å². The summed E-state index contributed by atoms with van der Waals surface area (Å²) in [6.45, 7) is 2.48. The third kappa shape index (κ3) is 8.42. The van der Waals surface area contributed by atoms with E-state index in [0.29, 0.717) is 24.6 Å². The van der Waals surface area contributed by atoms with E-state index in [0.717, 1.165) is 17.9 Å². The van der Waals surface area contributed by atoms with Gasteiger partial charge in [-0.3, -0.25) is 4.99 Å². The normalized spacial score (nSPS) is 11.8. The van der Waals surface area contributed by atoms with Crippen molar-refractivity contribution in [2.24, 2.45) is 4.99 Å². The Morgan fingerprint density at radius 3 is 2.39 bits per heavy atom. The van der Waals surface area contributed by atoms with Gasteiger partial charge in [-0.15, -0.1) is 34.2 Å². The number of hydrogen-bond donors (Lipinski definition) is 2. The number of aromatic nitrogens is 3. The first-order valence-corrected chi connectivity index (χ1v) is 8.44. The predicted octanol–water partition coefficient (Wildman–Crippen LogP) is 2.86. The molecule has 1 heterocycles. The van der Waals surface area contributed by atoms with Crippen molar-refractivity contribution in [3.8, 4) is 0 Å². The molecule has 0 saturated carbocycles. The molecule has 0 unspecified atom stereocenters. The Kier molecular flexibility index (Phi) is 10.2. The van der Waals surface area contributed by atoms with Gasteiger partial charge in [-0.05, 0) is 18.1 Å². The maximum atomic E-state index is 12.1. The van der Waals surface area contributed by atoms with E-state index in [1.54, 1.807) is 25.5 Å². The Bertz CT molecular complexity index is 733. The predicted molar refractivity (Wildman–Crippen MR) is 110 cm³/mol. The number of alkyl halides is 3. The lowest BCUT2D eigenvalue weighted by molar-refractivity contribution is -0.176. The van der Waals surface area contributed by atoms with E-state index in [-0.39, 0.29) is 30.6 Å². The maximum Gasteiger partial charge on any atom is 0.411 e. The zero-order valence-corrected chi connectivity index (χ0v) is 18.0. The third-order valence-electron chi connectivity index (χ3n) is 3.69. The molecular formula is C17H24F3IN6O. The molecule has 0 atom stereocenters. The van der Waals surface area contributed by atoms with Crippen LogP contribution in [0.25, 0.3) is 0 Å². The van der Waals surface area contributed by atoms with Gasteiger partial charge in [0.15, 0.2) is 11.8 Å². The quantitative estimate of drug-likeness (QED) is 0.324. The van der Waals surface area contributed by atoms with Crippen molar-refractivity contribution in [1.29, 1.82) is 0 Å². The number of ether oxygens (including phenoxy) is 1. The molecule has 7 nitrogen and oxygen atoms in total. The van der Waals surface area contributed by atoms with E-state index in [1.807, 2.05) is 23.6 Å². The number of nitrogens with one attached hydrogen (secondary N) is 2. The van der Waals surface area contributed by atoms with Crippen LogP contribution >= 0.6 is 24.0 Å². The van der Waals surface area contributed by atoms with Crippen molar-refractivity contribution in [2.45, 2.75) is 39.3 Å². The lowest BCUT2D eigenvalue weighted by atomic mass is 10.1. The minimum absolute atomic E-state index is 0. The van der Waals surface area contributed by atoms with Gasteiger partial charge < -0.3 is 19.9 Å². The fourth-order valence-corrected chi connectivity index (χ4v) is 2.29. The summed E-state index contributed by atoms with van der Waals surface area (Å²) in [5.41, 5.74) is 1.65. The van der Waals surface area contributed by atoms with Crippen molar-refractivity contribution >= 4 is 29.9 Å². The lowest BCUT2D eigenvalue weighted by Gasteiger charge is -2.12. The highest BCUT2D eigenvalue weighted by Crippen LogP contribution is 2.15. The van der Waals surface area contributed by atoms with Crippen molar-refractivity contribution in [3.63, 3.8) is 0 Å². The first-order chi connectivity index (χ1) is 12.9. The van der Waals surface area contributed by atoms with Gasteiger partial charge in [-0.2, -0.15) is 13.2 Å². The van der Waals surface area contributed by atoms with Crippen LogP contribution in [0, 0.1) is 0 Å². The van der Waals surface area contributed by atoms with Crippen LogP contribution in [0.4, 0.5) is 13.2 Å². The first-order valence-electron chi connectivity index (χ1n) is 8.44. The van der Waals surface area contributed by atoms with Crippen LogP contribution in [-0.2, 0) is 31.0 Å². The topological polar surface area (TPSA) is 76.4 Å². The molecule has 0 saturated heterocycles. The first kappa shape index (κ1) is 24.1. The van der Waals surface area contributed by atoms with Gasteiger partial charge in [-0.25, -0.2) is 0 Å². The zero-order chi connectivity index (χ0) is 19.7. The molecular weight excluding hydrogens is 488 g/mol. The minimum Gasteiger partial charge on any atom is -0.367 e. The molecule has 1 aromatic carbocycles. The van der Waals surface area contributed by atoms with Crippen LogP contribution in [0.1, 0.15) is 23.9 Å². The molecule has 156 valence electrons. The summed E-state index contributed by atoms with van der Waals surface area (Å²) in [5.74, 6) is 1.42. The van der Waals surface area contributed by atoms with Gasteiger partial charge in [0.05, 0.1) is 13.2 Å². The largest absolute Gasteiger partial charge is 0.411 e. The van der Waals surface area contributed by atoms with Crippen molar-refractivity contribution in [3.05, 3.63) is 47.5 Å². The SMILES string of the molecule is CCn1cnnc1CNC(=NC)NCc1ccc(COCC(F)(F)F)cc1.I. The summed E-state index contributed by atoms with van der Waals surface area (Å²) in [5, 5.41) is 14.2. The smallest absolute Gasteiger partial charge is 0.367 e. The number of guanidine groups is 1. The summed E-state index contributed by atoms with van der Waals surface area (Å²) >= 11 is 0. The number of aliphatic imine (C=N–C) groups is 1. The molecule has 0 aliphatic rings. The third-order valence-corrected chi connectivity index (χ3v) is 3.69. The van der Waals surface area contributed by atoms with Crippen molar-refractivity contribution in [2.75, 3.05) is 13.7 Å². The van der Waals surface area contributed by atoms with E-state index in [2.05, 4.69) is 30.6 Å². The molecule has 0 radical (unpaired) electrons. The lowest BCUT2D eigenvalue weighted by Crippen LogP contribution is -2.37. The highest BCUT2D eigenvalue weighted by atomic mass is 127. The van der Waals surface area contributed by atoms with Crippen LogP contribution in [0.2, 0.25) is 0 Å². The van der Waals surface area contributed by atoms with E-state index < -0.39 is 12.8 Å². The Balaban J connectivity index is 0.00000392. The van der Waals surface area contributed by atoms with E-state index in [1.165, 1.54) is 0 Å². The van der Waals surface area contributed by atoms with E-state index in [4.69, 9.17) is 0 Å². The number of benzene rings is 1. The van der Waals surface area contributed by atoms with Crippen molar-refractivity contribution < 1.29 is 17.9 Å². The van der Waals surface area contributed by atoms with E-state index in [9.17, 15) is 13.2 Å². The van der Waals surface area contributed by atoms with Gasteiger partial charge in [-0.1, -0.05) is 24.3 Å². The second-order valence-electron chi connectivity index (χ2n) is 5.74. The zero-order valence-electron chi connectivity index (χ0n) is 15.7. The molecule has 0 aliphatic heterocycles. The average Bonchev–Trinajstić information content (AvgIpc) is 3.09. The van der Waals surface area contributed by atoms with Crippen LogP contribution in [0.3, 0.4) is 0 Å². The summed E-state index contributed by atoms with van der Waals surface area (Å²) in [4.78, 5) is 4.15. The average molecular weight is 512 g/mol. The summed E-state index contributed by atoms with van der Waals surface area (Å²) < 4.78 is 42.8. The standard InChI is InChI=1S/C17H23F3N6O.HI/c1-3-26-12-24-25-15(26)9-23-16(21-2)22-8-13-4-6-14(7-5-13)10-27-11-17(18,19)20;/h4-7,12H,3,8-11H2,1-2H3,(H2,21,22,23);1H. The highest BCUT2D eigenvalue weighted by molar-refractivity contribution is 14.0. The molecule has 28 heavy (non-hydrogen) atoms. The Morgan fingerprint density at radius 1 is 1.14 bits per heavy atom. The molecule has 0 bridgehead atoms. The molecule has 11 heteroatoms. The van der Waals surface area contributed by atoms with Crippen LogP contribution in [0.5, 0.6) is 0 Å². The Labute approximate surface area is 178 Å². The number of rotatable bonds is 8. The molecule has 2 aromatic rings. The van der Waals surface area contributed by atoms with Gasteiger partial charge >= 0.3 is 6.18 Å². The molecule has 0 amide bonds. The molecule has 1 aromatic heterocycles. The maximum absolute atomic E-state index is 12.1. The van der Waals surface area contributed by atoms with Gasteiger partial charge in [0.25, 0.3) is 0 Å². The van der Waals surface area contributed by atoms with Gasteiger partial charge in [0.2, 0.25) is 0 Å². The van der Waals surface area contributed by atoms with Crippen molar-refractivity contribution in [1.82, 2.24) is 25.4 Å². The highest BCUT2D eigenvalue weighted by Gasteiger charge is 2.27.